The molecule has 1 saturated heterocycles. The molecular weight excluding hydrogens is 356 g/mol. The van der Waals surface area contributed by atoms with Crippen LogP contribution in [0.4, 0.5) is 0 Å². The number of nitrogens with one attached hydrogen (secondary N) is 1. The second kappa shape index (κ2) is 8.04. The van der Waals surface area contributed by atoms with Gasteiger partial charge in [0.1, 0.15) is 0 Å². The van der Waals surface area contributed by atoms with Crippen LogP contribution in [-0.4, -0.2) is 46.5 Å². The van der Waals surface area contributed by atoms with Crippen LogP contribution < -0.4 is 5.32 Å². The number of aromatic nitrogens is 2. The molecule has 0 radical (unpaired) electrons. The van der Waals surface area contributed by atoms with Crippen LogP contribution in [0.15, 0.2) is 65.2 Å². The zero-order valence-electron chi connectivity index (χ0n) is 15.2. The summed E-state index contributed by atoms with van der Waals surface area (Å²) in [5.74, 6) is 0.869. The molecule has 1 N–H and O–H groups in total. The first-order valence-electron chi connectivity index (χ1n) is 9.16. The fraction of sp³-hybridized carbons (Fsp3) is 0.238. The Kier molecular flexibility index (Phi) is 5.14. The lowest BCUT2D eigenvalue weighted by Gasteiger charge is -2.37. The van der Waals surface area contributed by atoms with Gasteiger partial charge in [0.25, 0.3) is 5.91 Å². The summed E-state index contributed by atoms with van der Waals surface area (Å²) in [6.07, 6.45) is 0.616. The van der Waals surface area contributed by atoms with E-state index in [-0.39, 0.29) is 24.3 Å². The van der Waals surface area contributed by atoms with Crippen LogP contribution in [0.3, 0.4) is 0 Å². The van der Waals surface area contributed by atoms with Gasteiger partial charge in [0, 0.05) is 25.1 Å². The SMILES string of the molecule is O=C(NCC(=O)N1CC(c2nc(Cc3ccccc3)no2)C1)c1ccccc1. The van der Waals surface area contributed by atoms with E-state index in [1.807, 2.05) is 36.4 Å². The molecule has 1 aliphatic heterocycles. The van der Waals surface area contributed by atoms with E-state index in [2.05, 4.69) is 15.5 Å². The van der Waals surface area contributed by atoms with Crippen LogP contribution in [0.2, 0.25) is 0 Å². The molecule has 2 heterocycles. The number of benzene rings is 2. The smallest absolute Gasteiger partial charge is 0.251 e. The van der Waals surface area contributed by atoms with Gasteiger partial charge in [-0.3, -0.25) is 9.59 Å². The molecule has 28 heavy (non-hydrogen) atoms. The lowest BCUT2D eigenvalue weighted by atomic mass is 10.00. The minimum atomic E-state index is -0.256. The molecule has 7 heteroatoms. The van der Waals surface area contributed by atoms with Gasteiger partial charge in [-0.1, -0.05) is 53.7 Å². The largest absolute Gasteiger partial charge is 0.343 e. The first kappa shape index (κ1) is 17.9. The summed E-state index contributed by atoms with van der Waals surface area (Å²) in [6.45, 7) is 1.02. The molecule has 0 saturated carbocycles. The van der Waals surface area contributed by atoms with Crippen LogP contribution >= 0.6 is 0 Å². The van der Waals surface area contributed by atoms with Gasteiger partial charge in [0.05, 0.1) is 12.5 Å². The number of hydrogen-bond donors (Lipinski definition) is 1. The fourth-order valence-electron chi connectivity index (χ4n) is 3.08. The Balaban J connectivity index is 1.24. The average Bonchev–Trinajstić information content (AvgIpc) is 3.14. The van der Waals surface area contributed by atoms with Crippen molar-refractivity contribution >= 4 is 11.8 Å². The van der Waals surface area contributed by atoms with Gasteiger partial charge in [-0.15, -0.1) is 0 Å². The van der Waals surface area contributed by atoms with E-state index in [0.29, 0.717) is 36.8 Å². The minimum absolute atomic E-state index is 0.0243. The van der Waals surface area contributed by atoms with Crippen molar-refractivity contribution in [3.05, 3.63) is 83.5 Å². The molecule has 0 unspecified atom stereocenters. The average molecular weight is 376 g/mol. The minimum Gasteiger partial charge on any atom is -0.343 e. The summed E-state index contributed by atoms with van der Waals surface area (Å²) < 4.78 is 5.36. The topological polar surface area (TPSA) is 88.3 Å². The lowest BCUT2D eigenvalue weighted by Crippen LogP contribution is -2.51. The zero-order valence-corrected chi connectivity index (χ0v) is 15.2. The quantitative estimate of drug-likeness (QED) is 0.711. The van der Waals surface area contributed by atoms with Crippen LogP contribution in [0.1, 0.15) is 33.6 Å². The van der Waals surface area contributed by atoms with Gasteiger partial charge < -0.3 is 14.7 Å². The summed E-state index contributed by atoms with van der Waals surface area (Å²) in [7, 11) is 0. The maximum absolute atomic E-state index is 12.2. The van der Waals surface area contributed by atoms with Gasteiger partial charge in [-0.2, -0.15) is 4.98 Å². The maximum Gasteiger partial charge on any atom is 0.251 e. The molecule has 7 nitrogen and oxygen atoms in total. The Morgan fingerprint density at radius 1 is 1.04 bits per heavy atom. The van der Waals surface area contributed by atoms with Crippen molar-refractivity contribution in [3.8, 4) is 0 Å². The molecule has 0 spiro atoms. The highest BCUT2D eigenvalue weighted by Crippen LogP contribution is 2.25. The van der Waals surface area contributed by atoms with Crippen LogP contribution in [0.25, 0.3) is 0 Å². The molecule has 4 rings (SSSR count). The van der Waals surface area contributed by atoms with Crippen molar-refractivity contribution in [1.29, 1.82) is 0 Å². The van der Waals surface area contributed by atoms with E-state index in [1.165, 1.54) is 0 Å². The molecule has 1 aliphatic rings. The van der Waals surface area contributed by atoms with Crippen molar-refractivity contribution < 1.29 is 14.1 Å². The van der Waals surface area contributed by atoms with Crippen molar-refractivity contribution in [2.75, 3.05) is 19.6 Å². The molecule has 142 valence electrons. The first-order valence-corrected chi connectivity index (χ1v) is 9.16. The number of carbonyl (C=O) groups excluding carboxylic acids is 2. The van der Waals surface area contributed by atoms with E-state index in [1.54, 1.807) is 29.2 Å². The Morgan fingerprint density at radius 3 is 2.43 bits per heavy atom. The number of hydrogen-bond acceptors (Lipinski definition) is 5. The Bertz CT molecular complexity index is 950. The molecule has 1 aromatic heterocycles. The highest BCUT2D eigenvalue weighted by atomic mass is 16.5. The number of amides is 2. The van der Waals surface area contributed by atoms with Gasteiger partial charge >= 0.3 is 0 Å². The third-order valence-electron chi connectivity index (χ3n) is 4.71. The van der Waals surface area contributed by atoms with E-state index >= 15 is 0 Å². The third-order valence-corrected chi connectivity index (χ3v) is 4.71. The molecule has 2 aromatic carbocycles. The number of rotatable bonds is 6. The fourth-order valence-corrected chi connectivity index (χ4v) is 3.08. The van der Waals surface area contributed by atoms with Crippen molar-refractivity contribution in [1.82, 2.24) is 20.4 Å². The Labute approximate surface area is 162 Å². The normalized spacial score (nSPS) is 13.8. The molecule has 1 fully saturated rings. The van der Waals surface area contributed by atoms with Gasteiger partial charge in [0.15, 0.2) is 5.82 Å². The van der Waals surface area contributed by atoms with Gasteiger partial charge in [-0.25, -0.2) is 0 Å². The van der Waals surface area contributed by atoms with Crippen molar-refractivity contribution in [2.45, 2.75) is 12.3 Å². The second-order valence-electron chi connectivity index (χ2n) is 6.76. The summed E-state index contributed by atoms with van der Waals surface area (Å²) in [5, 5.41) is 6.68. The number of nitrogens with zero attached hydrogens (tertiary/aromatic N) is 3. The first-order chi connectivity index (χ1) is 13.7. The van der Waals surface area contributed by atoms with E-state index in [9.17, 15) is 9.59 Å². The van der Waals surface area contributed by atoms with E-state index in [4.69, 9.17) is 4.52 Å². The predicted octanol–water partition coefficient (Wildman–Crippen LogP) is 2.02. The molecule has 2 amide bonds. The van der Waals surface area contributed by atoms with Crippen molar-refractivity contribution in [2.24, 2.45) is 0 Å². The summed E-state index contributed by atoms with van der Waals surface area (Å²) in [4.78, 5) is 30.4. The second-order valence-corrected chi connectivity index (χ2v) is 6.76. The van der Waals surface area contributed by atoms with Crippen molar-refractivity contribution in [3.63, 3.8) is 0 Å². The Morgan fingerprint density at radius 2 is 1.71 bits per heavy atom. The Hall–Kier alpha value is -3.48. The standard InChI is InChI=1S/C21H20N4O3/c26-19(12-22-20(27)16-9-5-2-6-10-16)25-13-17(14-25)21-23-18(24-28-21)11-15-7-3-1-4-8-15/h1-10,17H,11-14H2,(H,22,27). The van der Waals surface area contributed by atoms with E-state index in [0.717, 1.165) is 5.56 Å². The maximum atomic E-state index is 12.2. The van der Waals surface area contributed by atoms with E-state index < -0.39 is 0 Å². The molecule has 0 bridgehead atoms. The predicted molar refractivity (Wildman–Crippen MR) is 102 cm³/mol. The highest BCUT2D eigenvalue weighted by Gasteiger charge is 2.35. The molecular formula is C21H20N4O3. The van der Waals surface area contributed by atoms with Gasteiger partial charge in [-0.05, 0) is 17.7 Å². The highest BCUT2D eigenvalue weighted by molar-refractivity contribution is 5.96. The lowest BCUT2D eigenvalue weighted by molar-refractivity contribution is -0.134. The molecule has 3 aromatic rings. The summed E-state index contributed by atoms with van der Waals surface area (Å²) in [5.41, 5.74) is 1.66. The van der Waals surface area contributed by atoms with Crippen LogP contribution in [0.5, 0.6) is 0 Å². The van der Waals surface area contributed by atoms with Crippen LogP contribution in [-0.2, 0) is 11.2 Å². The molecule has 0 aliphatic carbocycles. The summed E-state index contributed by atoms with van der Waals surface area (Å²) in [6, 6.07) is 18.8. The van der Waals surface area contributed by atoms with Gasteiger partial charge in [0.2, 0.25) is 11.8 Å². The number of carbonyl (C=O) groups is 2. The summed E-state index contributed by atoms with van der Waals surface area (Å²) >= 11 is 0. The van der Waals surface area contributed by atoms with Crippen LogP contribution in [0, 0.1) is 0 Å². The number of likely N-dealkylation sites (tertiary alicyclic amines) is 1. The molecule has 0 atom stereocenters. The third kappa shape index (κ3) is 4.09. The zero-order chi connectivity index (χ0) is 19.3. The monoisotopic (exact) mass is 376 g/mol.